The maximum atomic E-state index is 11.8. The summed E-state index contributed by atoms with van der Waals surface area (Å²) in [6, 6.07) is 5.75. The Morgan fingerprint density at radius 1 is 1.04 bits per heavy atom. The zero-order valence-corrected chi connectivity index (χ0v) is 13.1. The van der Waals surface area contributed by atoms with Crippen LogP contribution in [0.25, 0.3) is 0 Å². The molecule has 0 amide bonds. The maximum absolute atomic E-state index is 11.8. The smallest absolute Gasteiger partial charge is 0.253 e. The molecule has 6 nitrogen and oxygen atoms in total. The second-order valence-electron chi connectivity index (χ2n) is 6.59. The Balaban J connectivity index is 1.35. The normalized spacial score (nSPS) is 19.0. The SMILES string of the molecule is O=c1ccncn1CC1CCN(c2ccc(C3CC3)nn2)CC1. The summed E-state index contributed by atoms with van der Waals surface area (Å²) in [4.78, 5) is 18.1. The largest absolute Gasteiger partial charge is 0.355 e. The molecular formula is C17H21N5O. The van der Waals surface area contributed by atoms with Crippen LogP contribution in [0.5, 0.6) is 0 Å². The van der Waals surface area contributed by atoms with Gasteiger partial charge in [-0.1, -0.05) is 0 Å². The van der Waals surface area contributed by atoms with Gasteiger partial charge >= 0.3 is 0 Å². The van der Waals surface area contributed by atoms with E-state index in [-0.39, 0.29) is 5.56 Å². The maximum Gasteiger partial charge on any atom is 0.253 e. The van der Waals surface area contributed by atoms with E-state index in [9.17, 15) is 4.79 Å². The first-order valence-corrected chi connectivity index (χ1v) is 8.38. The predicted octanol–water partition coefficient (Wildman–Crippen LogP) is 1.83. The Bertz CT molecular complexity index is 714. The van der Waals surface area contributed by atoms with Gasteiger partial charge in [0.1, 0.15) is 0 Å². The van der Waals surface area contributed by atoms with Gasteiger partial charge in [0, 0.05) is 37.8 Å². The summed E-state index contributed by atoms with van der Waals surface area (Å²) < 4.78 is 1.71. The van der Waals surface area contributed by atoms with Gasteiger partial charge < -0.3 is 4.90 Å². The molecule has 1 aliphatic carbocycles. The standard InChI is InChI=1S/C17H21N5O/c23-17-5-8-18-12-22(17)11-13-6-9-21(10-7-13)16-4-3-15(19-20-16)14-1-2-14/h3-5,8,12-14H,1-2,6-7,9-11H2. The first-order chi connectivity index (χ1) is 11.3. The molecule has 0 unspecified atom stereocenters. The van der Waals surface area contributed by atoms with Crippen molar-refractivity contribution in [3.8, 4) is 0 Å². The zero-order valence-electron chi connectivity index (χ0n) is 13.1. The fourth-order valence-corrected chi connectivity index (χ4v) is 3.24. The molecule has 2 aromatic rings. The van der Waals surface area contributed by atoms with E-state index in [0.717, 1.165) is 44.0 Å². The van der Waals surface area contributed by atoms with Crippen LogP contribution in [0, 0.1) is 5.92 Å². The molecule has 3 heterocycles. The molecule has 0 spiro atoms. The van der Waals surface area contributed by atoms with E-state index in [0.29, 0.717) is 11.8 Å². The first kappa shape index (κ1) is 14.4. The quantitative estimate of drug-likeness (QED) is 0.862. The average Bonchev–Trinajstić information content (AvgIpc) is 3.43. The fraction of sp³-hybridized carbons (Fsp3) is 0.529. The third-order valence-corrected chi connectivity index (χ3v) is 4.85. The molecule has 1 saturated carbocycles. The summed E-state index contributed by atoms with van der Waals surface area (Å²) in [7, 11) is 0. The zero-order chi connectivity index (χ0) is 15.6. The van der Waals surface area contributed by atoms with Crippen LogP contribution in [0.2, 0.25) is 0 Å². The number of hydrogen-bond acceptors (Lipinski definition) is 5. The number of aromatic nitrogens is 4. The number of anilines is 1. The summed E-state index contributed by atoms with van der Waals surface area (Å²) in [5, 5.41) is 8.77. The highest BCUT2D eigenvalue weighted by Gasteiger charge is 2.26. The number of rotatable bonds is 4. The lowest BCUT2D eigenvalue weighted by Crippen LogP contribution is -2.36. The Morgan fingerprint density at radius 3 is 2.52 bits per heavy atom. The van der Waals surface area contributed by atoms with Gasteiger partial charge in [0.05, 0.1) is 12.0 Å². The van der Waals surface area contributed by atoms with Gasteiger partial charge in [-0.2, -0.15) is 5.10 Å². The highest BCUT2D eigenvalue weighted by Crippen LogP contribution is 2.38. The van der Waals surface area contributed by atoms with Crippen molar-refractivity contribution in [3.05, 3.63) is 46.8 Å². The van der Waals surface area contributed by atoms with Crippen molar-refractivity contribution in [3.63, 3.8) is 0 Å². The molecule has 2 fully saturated rings. The number of piperidine rings is 1. The van der Waals surface area contributed by atoms with Crippen molar-refractivity contribution < 1.29 is 0 Å². The van der Waals surface area contributed by atoms with Crippen molar-refractivity contribution >= 4 is 5.82 Å². The van der Waals surface area contributed by atoms with Crippen molar-refractivity contribution in [2.24, 2.45) is 5.92 Å². The highest BCUT2D eigenvalue weighted by atomic mass is 16.1. The van der Waals surface area contributed by atoms with Crippen LogP contribution in [0.15, 0.2) is 35.5 Å². The van der Waals surface area contributed by atoms with Crippen molar-refractivity contribution in [1.29, 1.82) is 0 Å². The van der Waals surface area contributed by atoms with Gasteiger partial charge in [0.2, 0.25) is 0 Å². The minimum absolute atomic E-state index is 0.0314. The summed E-state index contributed by atoms with van der Waals surface area (Å²) in [5.74, 6) is 2.15. The van der Waals surface area contributed by atoms with Gasteiger partial charge in [-0.15, -0.1) is 5.10 Å². The second kappa shape index (κ2) is 6.10. The van der Waals surface area contributed by atoms with Crippen LogP contribution in [0.4, 0.5) is 5.82 Å². The molecule has 0 radical (unpaired) electrons. The molecule has 2 aromatic heterocycles. The molecule has 0 bridgehead atoms. The molecule has 6 heteroatoms. The lowest BCUT2D eigenvalue weighted by atomic mass is 9.96. The van der Waals surface area contributed by atoms with E-state index >= 15 is 0 Å². The third kappa shape index (κ3) is 3.25. The summed E-state index contributed by atoms with van der Waals surface area (Å²) in [5.41, 5.74) is 1.17. The molecule has 1 aliphatic heterocycles. The second-order valence-corrected chi connectivity index (χ2v) is 6.59. The van der Waals surface area contributed by atoms with E-state index < -0.39 is 0 Å². The van der Waals surface area contributed by atoms with Crippen molar-refractivity contribution in [1.82, 2.24) is 19.7 Å². The monoisotopic (exact) mass is 311 g/mol. The summed E-state index contributed by atoms with van der Waals surface area (Å²) in [6.07, 6.45) is 7.82. The van der Waals surface area contributed by atoms with E-state index in [1.54, 1.807) is 17.1 Å². The molecule has 1 saturated heterocycles. The molecule has 23 heavy (non-hydrogen) atoms. The average molecular weight is 311 g/mol. The van der Waals surface area contributed by atoms with E-state index in [2.05, 4.69) is 32.2 Å². The number of nitrogens with zero attached hydrogens (tertiary/aromatic N) is 5. The molecule has 0 N–H and O–H groups in total. The predicted molar refractivity (Wildman–Crippen MR) is 87.4 cm³/mol. The topological polar surface area (TPSA) is 63.9 Å². The van der Waals surface area contributed by atoms with Gasteiger partial charge in [-0.3, -0.25) is 9.36 Å². The Morgan fingerprint density at radius 2 is 1.87 bits per heavy atom. The molecule has 0 aromatic carbocycles. The van der Waals surface area contributed by atoms with E-state index in [1.165, 1.54) is 18.9 Å². The van der Waals surface area contributed by atoms with Crippen molar-refractivity contribution in [2.75, 3.05) is 18.0 Å². The lowest BCUT2D eigenvalue weighted by molar-refractivity contribution is 0.350. The molecule has 120 valence electrons. The van der Waals surface area contributed by atoms with Gasteiger partial charge in [0.25, 0.3) is 5.56 Å². The minimum atomic E-state index is 0.0314. The Labute approximate surface area is 135 Å². The summed E-state index contributed by atoms with van der Waals surface area (Å²) >= 11 is 0. The van der Waals surface area contributed by atoms with E-state index in [4.69, 9.17) is 0 Å². The molecule has 0 atom stereocenters. The van der Waals surface area contributed by atoms with Gasteiger partial charge in [-0.25, -0.2) is 4.98 Å². The van der Waals surface area contributed by atoms with Crippen LogP contribution < -0.4 is 10.5 Å². The highest BCUT2D eigenvalue weighted by molar-refractivity contribution is 5.38. The molecule has 4 rings (SSSR count). The van der Waals surface area contributed by atoms with Crippen LogP contribution in [0.3, 0.4) is 0 Å². The van der Waals surface area contributed by atoms with Crippen LogP contribution in [0.1, 0.15) is 37.3 Å². The van der Waals surface area contributed by atoms with Crippen LogP contribution >= 0.6 is 0 Å². The van der Waals surface area contributed by atoms with Crippen molar-refractivity contribution in [2.45, 2.75) is 38.1 Å². The Kier molecular flexibility index (Phi) is 3.81. The molecule has 2 aliphatic rings. The third-order valence-electron chi connectivity index (χ3n) is 4.85. The minimum Gasteiger partial charge on any atom is -0.355 e. The Hall–Kier alpha value is -2.24. The number of hydrogen-bond donors (Lipinski definition) is 0. The first-order valence-electron chi connectivity index (χ1n) is 8.38. The van der Waals surface area contributed by atoms with Gasteiger partial charge in [0.15, 0.2) is 5.82 Å². The van der Waals surface area contributed by atoms with Crippen LogP contribution in [-0.2, 0) is 6.54 Å². The summed E-state index contributed by atoms with van der Waals surface area (Å²) in [6.45, 7) is 2.70. The fourth-order valence-electron chi connectivity index (χ4n) is 3.24. The molecular weight excluding hydrogens is 290 g/mol. The van der Waals surface area contributed by atoms with Crippen LogP contribution in [-0.4, -0.2) is 32.8 Å². The van der Waals surface area contributed by atoms with Gasteiger partial charge in [-0.05, 0) is 43.7 Å². The lowest BCUT2D eigenvalue weighted by Gasteiger charge is -2.32. The van der Waals surface area contributed by atoms with E-state index in [1.807, 2.05) is 0 Å².